The van der Waals surface area contributed by atoms with E-state index in [4.69, 9.17) is 11.6 Å². The number of benzene rings is 2. The molecule has 0 atom stereocenters. The molecule has 2 aromatic carbocycles. The summed E-state index contributed by atoms with van der Waals surface area (Å²) in [6.45, 7) is 2.87. The van der Waals surface area contributed by atoms with Gasteiger partial charge in [0.05, 0.1) is 6.54 Å². The molecular weight excluding hydrogens is 300 g/mol. The molecule has 0 fully saturated rings. The molecule has 3 rings (SSSR count). The Kier molecular flexibility index (Phi) is 4.23. The third-order valence-corrected chi connectivity index (χ3v) is 4.43. The average molecular weight is 315 g/mol. The summed E-state index contributed by atoms with van der Waals surface area (Å²) in [4.78, 5) is 5.18. The van der Waals surface area contributed by atoms with Crippen molar-refractivity contribution in [2.24, 2.45) is 0 Å². The molecule has 21 heavy (non-hydrogen) atoms. The van der Waals surface area contributed by atoms with Crippen molar-refractivity contribution in [3.05, 3.63) is 69.6 Å². The summed E-state index contributed by atoms with van der Waals surface area (Å²) in [7, 11) is 0. The number of aryl methyl sites for hydroxylation is 1. The third-order valence-electron chi connectivity index (χ3n) is 3.31. The van der Waals surface area contributed by atoms with Crippen LogP contribution in [-0.4, -0.2) is 4.98 Å². The number of thiazole rings is 1. The van der Waals surface area contributed by atoms with Crippen LogP contribution in [-0.2, 0) is 6.54 Å². The fourth-order valence-corrected chi connectivity index (χ4v) is 3.14. The number of nitrogens with one attached hydrogen (secondary N) is 1. The Bertz CT molecular complexity index is 738. The van der Waals surface area contributed by atoms with Crippen molar-refractivity contribution < 1.29 is 0 Å². The minimum absolute atomic E-state index is 0.586. The minimum Gasteiger partial charge on any atom is -0.380 e. The fourth-order valence-electron chi connectivity index (χ4n) is 2.22. The molecule has 0 aliphatic carbocycles. The largest absolute Gasteiger partial charge is 0.380 e. The van der Waals surface area contributed by atoms with Gasteiger partial charge in [0.15, 0.2) is 4.47 Å². The maximum absolute atomic E-state index is 5.84. The molecule has 1 N–H and O–H groups in total. The van der Waals surface area contributed by atoms with Crippen molar-refractivity contribution >= 4 is 28.6 Å². The second-order valence-corrected chi connectivity index (χ2v) is 6.53. The first-order valence-corrected chi connectivity index (χ1v) is 7.92. The zero-order valence-corrected chi connectivity index (χ0v) is 13.2. The van der Waals surface area contributed by atoms with Crippen LogP contribution in [0.25, 0.3) is 11.1 Å². The van der Waals surface area contributed by atoms with Gasteiger partial charge in [-0.1, -0.05) is 48.0 Å². The number of aromatic nitrogens is 1. The highest BCUT2D eigenvalue weighted by Gasteiger charge is 2.04. The molecule has 0 aliphatic rings. The molecular formula is C17H15ClN2S. The SMILES string of the molecule is Cc1cc(-c2ccccc2)ccc1NCc1cnc(Cl)s1. The van der Waals surface area contributed by atoms with Gasteiger partial charge in [0.2, 0.25) is 0 Å². The van der Waals surface area contributed by atoms with Gasteiger partial charge >= 0.3 is 0 Å². The van der Waals surface area contributed by atoms with Crippen LogP contribution in [0, 0.1) is 6.92 Å². The van der Waals surface area contributed by atoms with Crippen LogP contribution >= 0.6 is 22.9 Å². The number of anilines is 1. The van der Waals surface area contributed by atoms with Crippen LogP contribution in [0.4, 0.5) is 5.69 Å². The van der Waals surface area contributed by atoms with Crippen molar-refractivity contribution in [3.8, 4) is 11.1 Å². The summed E-state index contributed by atoms with van der Waals surface area (Å²) in [6.07, 6.45) is 1.81. The maximum atomic E-state index is 5.84. The fraction of sp³-hybridized carbons (Fsp3) is 0.118. The normalized spacial score (nSPS) is 10.6. The van der Waals surface area contributed by atoms with Gasteiger partial charge in [-0.3, -0.25) is 0 Å². The van der Waals surface area contributed by atoms with Gasteiger partial charge in [0.1, 0.15) is 0 Å². The van der Waals surface area contributed by atoms with Gasteiger partial charge in [-0.15, -0.1) is 11.3 Å². The van der Waals surface area contributed by atoms with Crippen molar-refractivity contribution in [1.82, 2.24) is 4.98 Å². The first-order chi connectivity index (χ1) is 10.2. The molecule has 0 bridgehead atoms. The van der Waals surface area contributed by atoms with E-state index < -0.39 is 0 Å². The summed E-state index contributed by atoms with van der Waals surface area (Å²) in [6, 6.07) is 16.9. The first-order valence-electron chi connectivity index (χ1n) is 6.72. The van der Waals surface area contributed by atoms with Crippen LogP contribution in [0.5, 0.6) is 0 Å². The van der Waals surface area contributed by atoms with Crippen LogP contribution in [0.15, 0.2) is 54.7 Å². The number of hydrogen-bond donors (Lipinski definition) is 1. The van der Waals surface area contributed by atoms with Crippen LogP contribution in [0.1, 0.15) is 10.4 Å². The van der Waals surface area contributed by atoms with Crippen LogP contribution < -0.4 is 5.32 Å². The van der Waals surface area contributed by atoms with Crippen LogP contribution in [0.3, 0.4) is 0 Å². The van der Waals surface area contributed by atoms with Crippen molar-refractivity contribution in [1.29, 1.82) is 0 Å². The molecule has 0 amide bonds. The topological polar surface area (TPSA) is 24.9 Å². The molecule has 0 saturated heterocycles. The van der Waals surface area contributed by atoms with Gasteiger partial charge < -0.3 is 5.32 Å². The molecule has 4 heteroatoms. The van der Waals surface area contributed by atoms with E-state index >= 15 is 0 Å². The van der Waals surface area contributed by atoms with Crippen LogP contribution in [0.2, 0.25) is 4.47 Å². The summed E-state index contributed by atoms with van der Waals surface area (Å²) in [5, 5.41) is 3.43. The Morgan fingerprint density at radius 2 is 1.90 bits per heavy atom. The maximum Gasteiger partial charge on any atom is 0.183 e. The van der Waals surface area contributed by atoms with E-state index in [1.165, 1.54) is 28.0 Å². The molecule has 0 unspecified atom stereocenters. The van der Waals surface area contributed by atoms with Crippen molar-refractivity contribution in [2.45, 2.75) is 13.5 Å². The number of halogens is 1. The van der Waals surface area contributed by atoms with Crippen molar-refractivity contribution in [2.75, 3.05) is 5.32 Å². The molecule has 106 valence electrons. The Labute approximate surface area is 133 Å². The number of rotatable bonds is 4. The molecule has 1 aromatic heterocycles. The Hall–Kier alpha value is -1.84. The van der Waals surface area contributed by atoms with E-state index in [2.05, 4.69) is 59.7 Å². The number of hydrogen-bond acceptors (Lipinski definition) is 3. The van der Waals surface area contributed by atoms with E-state index in [0.29, 0.717) is 4.47 Å². The minimum atomic E-state index is 0.586. The van der Waals surface area contributed by atoms with E-state index in [0.717, 1.165) is 17.1 Å². The molecule has 3 aromatic rings. The highest BCUT2D eigenvalue weighted by Crippen LogP contribution is 2.25. The number of nitrogens with zero attached hydrogens (tertiary/aromatic N) is 1. The lowest BCUT2D eigenvalue weighted by molar-refractivity contribution is 1.16. The smallest absolute Gasteiger partial charge is 0.183 e. The lowest BCUT2D eigenvalue weighted by atomic mass is 10.0. The Morgan fingerprint density at radius 3 is 2.57 bits per heavy atom. The quantitative estimate of drug-likeness (QED) is 0.699. The predicted molar refractivity (Wildman–Crippen MR) is 91.1 cm³/mol. The van der Waals surface area contributed by atoms with E-state index in [-0.39, 0.29) is 0 Å². The van der Waals surface area contributed by atoms with Gasteiger partial charge in [-0.05, 0) is 35.7 Å². The molecule has 2 nitrogen and oxygen atoms in total. The molecule has 1 heterocycles. The third kappa shape index (κ3) is 3.43. The lowest BCUT2D eigenvalue weighted by Gasteiger charge is -2.10. The lowest BCUT2D eigenvalue weighted by Crippen LogP contribution is -1.99. The van der Waals surface area contributed by atoms with E-state index in [1.807, 2.05) is 12.3 Å². The highest BCUT2D eigenvalue weighted by atomic mass is 35.5. The van der Waals surface area contributed by atoms with Gasteiger partial charge in [-0.25, -0.2) is 4.98 Å². The van der Waals surface area contributed by atoms with Crippen molar-refractivity contribution in [3.63, 3.8) is 0 Å². The second kappa shape index (κ2) is 6.29. The highest BCUT2D eigenvalue weighted by molar-refractivity contribution is 7.15. The monoisotopic (exact) mass is 314 g/mol. The molecule has 0 radical (unpaired) electrons. The zero-order chi connectivity index (χ0) is 14.7. The second-order valence-electron chi connectivity index (χ2n) is 4.83. The summed E-state index contributed by atoms with van der Waals surface area (Å²) < 4.78 is 0.586. The zero-order valence-electron chi connectivity index (χ0n) is 11.6. The average Bonchev–Trinajstić information content (AvgIpc) is 2.92. The van der Waals surface area contributed by atoms with Gasteiger partial charge in [-0.2, -0.15) is 0 Å². The van der Waals surface area contributed by atoms with Gasteiger partial charge in [0, 0.05) is 16.8 Å². The molecule has 0 saturated carbocycles. The molecule has 0 aliphatic heterocycles. The standard InChI is InChI=1S/C17H15ClN2S/c1-12-9-14(13-5-3-2-4-6-13)7-8-16(12)19-10-15-11-20-17(18)21-15/h2-9,11,19H,10H2,1H3. The predicted octanol–water partition coefficient (Wildman–Crippen LogP) is 5.38. The molecule has 0 spiro atoms. The first kappa shape index (κ1) is 14.1. The summed E-state index contributed by atoms with van der Waals surface area (Å²) in [5.74, 6) is 0. The Balaban J connectivity index is 1.75. The summed E-state index contributed by atoms with van der Waals surface area (Å²) in [5.41, 5.74) is 4.84. The van der Waals surface area contributed by atoms with E-state index in [9.17, 15) is 0 Å². The van der Waals surface area contributed by atoms with Gasteiger partial charge in [0.25, 0.3) is 0 Å². The summed E-state index contributed by atoms with van der Waals surface area (Å²) >= 11 is 7.35. The van der Waals surface area contributed by atoms with E-state index in [1.54, 1.807) is 0 Å². The Morgan fingerprint density at radius 1 is 1.10 bits per heavy atom.